The van der Waals surface area contributed by atoms with Crippen molar-refractivity contribution >= 4 is 27.9 Å². The van der Waals surface area contributed by atoms with Gasteiger partial charge in [-0.3, -0.25) is 14.0 Å². The van der Waals surface area contributed by atoms with Gasteiger partial charge in [0.25, 0.3) is 11.5 Å². The number of hydrogen-bond acceptors (Lipinski definition) is 7. The molecular weight excluding hydrogens is 454 g/mol. The zero-order valence-electron chi connectivity index (χ0n) is 18.2. The summed E-state index contributed by atoms with van der Waals surface area (Å²) in [6, 6.07) is 13.7. The highest BCUT2D eigenvalue weighted by atomic mass is 32.1. The average Bonchev–Trinajstić information content (AvgIpc) is 3.47. The molecule has 2 aromatic heterocycles. The summed E-state index contributed by atoms with van der Waals surface area (Å²) in [4.78, 5) is 32.0. The first-order valence-electron chi connectivity index (χ1n) is 11.1. The third-order valence-corrected chi connectivity index (χ3v) is 7.07. The summed E-state index contributed by atoms with van der Waals surface area (Å²) < 4.78 is 18.3. The second kappa shape index (κ2) is 8.49. The maximum absolute atomic E-state index is 12.7. The number of hydrogen-bond donors (Lipinski definition) is 1. The van der Waals surface area contributed by atoms with Crippen LogP contribution in [0.2, 0.25) is 0 Å². The van der Waals surface area contributed by atoms with E-state index in [4.69, 9.17) is 14.2 Å². The Morgan fingerprint density at radius 1 is 1.09 bits per heavy atom. The van der Waals surface area contributed by atoms with Crippen molar-refractivity contribution < 1.29 is 19.0 Å². The minimum atomic E-state index is -0.266. The molecule has 0 saturated heterocycles. The molecule has 4 aromatic rings. The van der Waals surface area contributed by atoms with Crippen molar-refractivity contribution in [1.29, 1.82) is 0 Å². The van der Waals surface area contributed by atoms with E-state index in [9.17, 15) is 9.59 Å². The molecule has 9 heteroatoms. The van der Waals surface area contributed by atoms with E-state index in [0.29, 0.717) is 34.2 Å². The number of ether oxygens (including phenoxy) is 3. The smallest absolute Gasteiger partial charge is 0.259 e. The molecule has 1 amide bonds. The van der Waals surface area contributed by atoms with Gasteiger partial charge >= 0.3 is 0 Å². The fourth-order valence-corrected chi connectivity index (χ4v) is 5.51. The van der Waals surface area contributed by atoms with E-state index < -0.39 is 0 Å². The van der Waals surface area contributed by atoms with Crippen LogP contribution in [0, 0.1) is 0 Å². The molecule has 0 unspecified atom stereocenters. The van der Waals surface area contributed by atoms with Crippen molar-refractivity contribution in [2.24, 2.45) is 0 Å². The van der Waals surface area contributed by atoms with E-state index in [1.807, 2.05) is 0 Å². The molecule has 1 aliphatic heterocycles. The summed E-state index contributed by atoms with van der Waals surface area (Å²) >= 11 is 1.60. The highest BCUT2D eigenvalue weighted by Crippen LogP contribution is 2.33. The second-order valence-corrected chi connectivity index (χ2v) is 9.28. The summed E-state index contributed by atoms with van der Waals surface area (Å²) in [7, 11) is 0. The van der Waals surface area contributed by atoms with Gasteiger partial charge in [0.1, 0.15) is 12.4 Å². The largest absolute Gasteiger partial charge is 0.487 e. The van der Waals surface area contributed by atoms with Crippen LogP contribution in [-0.2, 0) is 19.4 Å². The van der Waals surface area contributed by atoms with Crippen LogP contribution >= 0.6 is 11.3 Å². The van der Waals surface area contributed by atoms with Crippen molar-refractivity contribution in [3.8, 4) is 17.2 Å². The van der Waals surface area contributed by atoms with Crippen molar-refractivity contribution in [2.75, 3.05) is 12.1 Å². The van der Waals surface area contributed by atoms with Gasteiger partial charge in [-0.1, -0.05) is 6.07 Å². The number of carbonyl (C=O) groups is 1. The minimum Gasteiger partial charge on any atom is -0.487 e. The number of nitrogens with one attached hydrogen (secondary N) is 1. The average molecular weight is 476 g/mol. The normalized spacial score (nSPS) is 14.1. The van der Waals surface area contributed by atoms with Gasteiger partial charge in [-0.2, -0.15) is 0 Å². The fraction of sp³-hybridized carbons (Fsp3) is 0.240. The van der Waals surface area contributed by atoms with Crippen LogP contribution in [-0.4, -0.2) is 22.1 Å². The quantitative estimate of drug-likeness (QED) is 0.465. The van der Waals surface area contributed by atoms with Gasteiger partial charge in [0.2, 0.25) is 6.79 Å². The molecular formula is C25H21N3O5S. The molecule has 0 fully saturated rings. The number of aromatic nitrogens is 2. The van der Waals surface area contributed by atoms with Gasteiger partial charge in [0.15, 0.2) is 16.5 Å². The van der Waals surface area contributed by atoms with Crippen LogP contribution in [0.1, 0.15) is 39.5 Å². The Kier molecular flexibility index (Phi) is 5.18. The number of rotatable bonds is 5. The number of thiazole rings is 1. The van der Waals surface area contributed by atoms with Crippen LogP contribution in [0.15, 0.2) is 53.3 Å². The predicted octanol–water partition coefficient (Wildman–Crippen LogP) is 4.19. The number of carbonyl (C=O) groups excluding carboxylic acids is 1. The van der Waals surface area contributed by atoms with Crippen LogP contribution in [0.5, 0.6) is 17.2 Å². The Morgan fingerprint density at radius 3 is 2.91 bits per heavy atom. The van der Waals surface area contributed by atoms with Crippen LogP contribution in [0.4, 0.5) is 5.69 Å². The molecule has 6 rings (SSSR count). The van der Waals surface area contributed by atoms with Crippen molar-refractivity contribution in [2.45, 2.75) is 32.3 Å². The Hall–Kier alpha value is -3.85. The topological polar surface area (TPSA) is 91.2 Å². The highest BCUT2D eigenvalue weighted by Gasteiger charge is 2.19. The first-order valence-corrected chi connectivity index (χ1v) is 11.9. The number of fused-ring (bicyclic) bond motifs is 4. The number of benzene rings is 2. The Bertz CT molecular complexity index is 1480. The zero-order valence-corrected chi connectivity index (χ0v) is 19.0. The fourth-order valence-electron chi connectivity index (χ4n) is 4.28. The van der Waals surface area contributed by atoms with Gasteiger partial charge in [0.05, 0.1) is 5.69 Å². The third-order valence-electron chi connectivity index (χ3n) is 5.93. The monoisotopic (exact) mass is 475 g/mol. The summed E-state index contributed by atoms with van der Waals surface area (Å²) in [5.41, 5.74) is 2.69. The molecule has 8 nitrogen and oxygen atoms in total. The van der Waals surface area contributed by atoms with Gasteiger partial charge in [0, 0.05) is 34.0 Å². The minimum absolute atomic E-state index is 0.0623. The summed E-state index contributed by atoms with van der Waals surface area (Å²) in [6.07, 6.45) is 4.21. The molecule has 1 N–H and O–H groups in total. The maximum Gasteiger partial charge on any atom is 0.259 e. The molecule has 1 aliphatic carbocycles. The van der Waals surface area contributed by atoms with Gasteiger partial charge in [-0.15, -0.1) is 11.3 Å². The first-order chi connectivity index (χ1) is 16.6. The first kappa shape index (κ1) is 20.7. The molecule has 34 heavy (non-hydrogen) atoms. The lowest BCUT2D eigenvalue weighted by molar-refractivity contribution is 0.102. The lowest BCUT2D eigenvalue weighted by atomic mass is 10.0. The molecule has 0 bridgehead atoms. The number of nitrogens with zero attached hydrogens (tertiary/aromatic N) is 2. The Balaban J connectivity index is 1.16. The van der Waals surface area contributed by atoms with E-state index >= 15 is 0 Å². The molecule has 0 radical (unpaired) electrons. The summed E-state index contributed by atoms with van der Waals surface area (Å²) in [5.74, 6) is 1.48. The van der Waals surface area contributed by atoms with Crippen LogP contribution < -0.4 is 25.1 Å². The lowest BCUT2D eigenvalue weighted by Gasteiger charge is -2.11. The van der Waals surface area contributed by atoms with E-state index in [2.05, 4.69) is 10.3 Å². The van der Waals surface area contributed by atoms with Crippen molar-refractivity contribution in [3.63, 3.8) is 0 Å². The lowest BCUT2D eigenvalue weighted by Crippen LogP contribution is -2.18. The molecule has 0 saturated carbocycles. The van der Waals surface area contributed by atoms with E-state index in [0.717, 1.165) is 36.3 Å². The molecule has 2 aliphatic rings. The molecule has 3 heterocycles. The SMILES string of the molecule is O=C(Nc1cccc(OCc2cc(=O)n3c4c(sc3n2)CCCC4)c1)c1ccc2c(c1)OCO2. The van der Waals surface area contributed by atoms with Gasteiger partial charge < -0.3 is 19.5 Å². The van der Waals surface area contributed by atoms with Crippen LogP contribution in [0.3, 0.4) is 0 Å². The zero-order chi connectivity index (χ0) is 23.1. The standard InChI is InChI=1S/C25H21N3O5S/c29-23-12-17(27-25-28(23)19-6-1-2-7-22(19)34-25)13-31-18-5-3-4-16(11-18)26-24(30)15-8-9-20-21(10-15)33-14-32-20/h3-5,8-12H,1-2,6-7,13-14H2,(H,26,30). The van der Waals surface area contributed by atoms with E-state index in [1.54, 1.807) is 64.3 Å². The Labute approximate surface area is 198 Å². The second-order valence-electron chi connectivity index (χ2n) is 8.22. The summed E-state index contributed by atoms with van der Waals surface area (Å²) in [5, 5.41) is 2.87. The highest BCUT2D eigenvalue weighted by molar-refractivity contribution is 7.17. The Morgan fingerprint density at radius 2 is 1.97 bits per heavy atom. The predicted molar refractivity (Wildman–Crippen MR) is 127 cm³/mol. The molecule has 0 atom stereocenters. The molecule has 2 aromatic carbocycles. The van der Waals surface area contributed by atoms with Gasteiger partial charge in [-0.05, 0) is 56.0 Å². The third kappa shape index (κ3) is 3.88. The van der Waals surface area contributed by atoms with Crippen molar-refractivity contribution in [3.05, 3.63) is 80.7 Å². The van der Waals surface area contributed by atoms with Crippen molar-refractivity contribution in [1.82, 2.24) is 9.38 Å². The number of amides is 1. The molecule has 0 spiro atoms. The van der Waals surface area contributed by atoms with Gasteiger partial charge in [-0.25, -0.2) is 4.98 Å². The molecule has 172 valence electrons. The summed E-state index contributed by atoms with van der Waals surface area (Å²) in [6.45, 7) is 0.316. The number of anilines is 1. The number of aryl methyl sites for hydroxylation is 2. The van der Waals surface area contributed by atoms with E-state index in [1.165, 1.54) is 4.88 Å². The van der Waals surface area contributed by atoms with Crippen LogP contribution in [0.25, 0.3) is 4.96 Å². The van der Waals surface area contributed by atoms with E-state index in [-0.39, 0.29) is 24.9 Å². The maximum atomic E-state index is 12.7.